The molecule has 23 heavy (non-hydrogen) atoms. The van der Waals surface area contributed by atoms with Crippen molar-refractivity contribution in [3.8, 4) is 0 Å². The van der Waals surface area contributed by atoms with Crippen molar-refractivity contribution in [1.82, 2.24) is 10.2 Å². The molecule has 1 aromatic rings. The van der Waals surface area contributed by atoms with Gasteiger partial charge in [-0.1, -0.05) is 0 Å². The standard InChI is InChI=1S/C15H17F5N2O/c16-12-4-10(5-13(17)6-12)7-21-14(23)9-22-3-1-2-11(8-22)15(18,19)20/h4-6,11H,1-3,7-9H2,(H,21,23). The SMILES string of the molecule is O=C(CN1CCCC(C(F)(F)F)C1)NCc1cc(F)cc(F)c1. The van der Waals surface area contributed by atoms with Crippen LogP contribution in [0.3, 0.4) is 0 Å². The zero-order valence-corrected chi connectivity index (χ0v) is 12.3. The van der Waals surface area contributed by atoms with E-state index in [1.165, 1.54) is 4.90 Å². The molecule has 0 spiro atoms. The summed E-state index contributed by atoms with van der Waals surface area (Å²) < 4.78 is 64.1. The first-order chi connectivity index (χ1) is 10.7. The van der Waals surface area contributed by atoms with Crippen LogP contribution in [0.4, 0.5) is 22.0 Å². The number of alkyl halides is 3. The first kappa shape index (κ1) is 17.7. The molecule has 0 radical (unpaired) electrons. The molecule has 0 saturated carbocycles. The van der Waals surface area contributed by atoms with Gasteiger partial charge in [0.25, 0.3) is 0 Å². The number of rotatable bonds is 4. The minimum absolute atomic E-state index is 0.0736. The monoisotopic (exact) mass is 336 g/mol. The van der Waals surface area contributed by atoms with Crippen LogP contribution in [0.15, 0.2) is 18.2 Å². The van der Waals surface area contributed by atoms with Gasteiger partial charge in [0, 0.05) is 19.2 Å². The zero-order chi connectivity index (χ0) is 17.0. The average Bonchev–Trinajstić information content (AvgIpc) is 2.43. The van der Waals surface area contributed by atoms with Crippen molar-refractivity contribution in [2.24, 2.45) is 5.92 Å². The van der Waals surface area contributed by atoms with Crippen molar-refractivity contribution in [3.05, 3.63) is 35.4 Å². The lowest BCUT2D eigenvalue weighted by Crippen LogP contribution is -2.45. The van der Waals surface area contributed by atoms with Gasteiger partial charge >= 0.3 is 6.18 Å². The third-order valence-electron chi connectivity index (χ3n) is 3.75. The Kier molecular flexibility index (Phi) is 5.56. The quantitative estimate of drug-likeness (QED) is 0.858. The van der Waals surface area contributed by atoms with Crippen LogP contribution < -0.4 is 5.32 Å². The Bertz CT molecular complexity index is 541. The van der Waals surface area contributed by atoms with Crippen LogP contribution in [0, 0.1) is 17.6 Å². The van der Waals surface area contributed by atoms with Crippen LogP contribution in [0.25, 0.3) is 0 Å². The van der Waals surface area contributed by atoms with E-state index in [0.29, 0.717) is 13.0 Å². The molecule has 8 heteroatoms. The number of benzene rings is 1. The van der Waals surface area contributed by atoms with E-state index in [9.17, 15) is 26.7 Å². The molecule has 0 aromatic heterocycles. The highest BCUT2D eigenvalue weighted by Gasteiger charge is 2.41. The Labute approximate surface area is 130 Å². The summed E-state index contributed by atoms with van der Waals surface area (Å²) in [6, 6.07) is 2.89. The van der Waals surface area contributed by atoms with E-state index in [0.717, 1.165) is 18.2 Å². The number of likely N-dealkylation sites (tertiary alicyclic amines) is 1. The highest BCUT2D eigenvalue weighted by atomic mass is 19.4. The van der Waals surface area contributed by atoms with Gasteiger partial charge in [0.1, 0.15) is 11.6 Å². The second kappa shape index (κ2) is 7.25. The topological polar surface area (TPSA) is 32.3 Å². The summed E-state index contributed by atoms with van der Waals surface area (Å²) in [7, 11) is 0. The molecule has 3 nitrogen and oxygen atoms in total. The highest BCUT2D eigenvalue weighted by molar-refractivity contribution is 5.78. The number of piperidine rings is 1. The number of halogens is 5. The molecule has 128 valence electrons. The molecular formula is C15H17F5N2O. The van der Waals surface area contributed by atoms with Crippen LogP contribution in [0.1, 0.15) is 18.4 Å². The second-order valence-corrected chi connectivity index (χ2v) is 5.67. The Morgan fingerprint density at radius 2 is 1.87 bits per heavy atom. The molecule has 1 amide bonds. The van der Waals surface area contributed by atoms with Crippen LogP contribution in [0.2, 0.25) is 0 Å². The van der Waals surface area contributed by atoms with Crippen LogP contribution >= 0.6 is 0 Å². The summed E-state index contributed by atoms with van der Waals surface area (Å²) in [5, 5.41) is 2.46. The van der Waals surface area contributed by atoms with Crippen LogP contribution in [0.5, 0.6) is 0 Å². The van der Waals surface area contributed by atoms with Crippen molar-refractivity contribution in [2.75, 3.05) is 19.6 Å². The fourth-order valence-corrected chi connectivity index (χ4v) is 2.64. The lowest BCUT2D eigenvalue weighted by atomic mass is 9.97. The summed E-state index contributed by atoms with van der Waals surface area (Å²) in [6.45, 7) is -0.0193. The van der Waals surface area contributed by atoms with Gasteiger partial charge in [-0.05, 0) is 37.1 Å². The molecule has 2 rings (SSSR count). The van der Waals surface area contributed by atoms with Crippen LogP contribution in [-0.4, -0.2) is 36.6 Å². The summed E-state index contributed by atoms with van der Waals surface area (Å²) in [5.41, 5.74) is 0.252. The van der Waals surface area contributed by atoms with E-state index < -0.39 is 29.6 Å². The highest BCUT2D eigenvalue weighted by Crippen LogP contribution is 2.32. The maximum Gasteiger partial charge on any atom is 0.393 e. The summed E-state index contributed by atoms with van der Waals surface area (Å²) in [6.07, 6.45) is -3.80. The summed E-state index contributed by atoms with van der Waals surface area (Å²) in [5.74, 6) is -3.39. The van der Waals surface area contributed by atoms with Crippen molar-refractivity contribution in [2.45, 2.75) is 25.6 Å². The number of hydrogen-bond donors (Lipinski definition) is 1. The largest absolute Gasteiger partial charge is 0.393 e. The maximum absolute atomic E-state index is 13.0. The number of amides is 1. The normalized spacial score (nSPS) is 19.6. The van der Waals surface area contributed by atoms with Crippen molar-refractivity contribution >= 4 is 5.91 Å². The number of hydrogen-bond acceptors (Lipinski definition) is 2. The minimum Gasteiger partial charge on any atom is -0.351 e. The molecule has 1 unspecified atom stereocenters. The van der Waals surface area contributed by atoms with Gasteiger partial charge in [-0.15, -0.1) is 0 Å². The third kappa shape index (κ3) is 5.46. The molecule has 1 N–H and O–H groups in total. The van der Waals surface area contributed by atoms with Gasteiger partial charge in [-0.25, -0.2) is 8.78 Å². The van der Waals surface area contributed by atoms with Gasteiger partial charge in [-0.3, -0.25) is 9.69 Å². The average molecular weight is 336 g/mol. The Hall–Kier alpha value is -1.70. The van der Waals surface area contributed by atoms with Crippen molar-refractivity contribution in [1.29, 1.82) is 0 Å². The second-order valence-electron chi connectivity index (χ2n) is 5.67. The van der Waals surface area contributed by atoms with E-state index in [1.54, 1.807) is 0 Å². The van der Waals surface area contributed by atoms with E-state index in [2.05, 4.69) is 5.32 Å². The number of carbonyl (C=O) groups excluding carboxylic acids is 1. The lowest BCUT2D eigenvalue weighted by Gasteiger charge is -2.33. The molecule has 1 heterocycles. The molecule has 1 atom stereocenters. The minimum atomic E-state index is -4.26. The van der Waals surface area contributed by atoms with Gasteiger partial charge in [0.15, 0.2) is 0 Å². The molecule has 1 fully saturated rings. The fourth-order valence-electron chi connectivity index (χ4n) is 2.64. The molecule has 0 aliphatic carbocycles. The molecule has 1 aliphatic rings. The Morgan fingerprint density at radius 1 is 1.22 bits per heavy atom. The van der Waals surface area contributed by atoms with Crippen LogP contribution in [-0.2, 0) is 11.3 Å². The molecule has 1 aliphatic heterocycles. The smallest absolute Gasteiger partial charge is 0.351 e. The number of nitrogens with zero attached hydrogens (tertiary/aromatic N) is 1. The van der Waals surface area contributed by atoms with E-state index >= 15 is 0 Å². The third-order valence-corrected chi connectivity index (χ3v) is 3.75. The zero-order valence-electron chi connectivity index (χ0n) is 12.3. The first-order valence-electron chi connectivity index (χ1n) is 7.25. The molecule has 0 bridgehead atoms. The van der Waals surface area contributed by atoms with E-state index in [-0.39, 0.29) is 31.6 Å². The van der Waals surface area contributed by atoms with Gasteiger partial charge in [0.2, 0.25) is 5.91 Å². The van der Waals surface area contributed by atoms with Crippen molar-refractivity contribution in [3.63, 3.8) is 0 Å². The number of carbonyl (C=O) groups is 1. The summed E-state index contributed by atoms with van der Waals surface area (Å²) in [4.78, 5) is 13.2. The predicted molar refractivity (Wildman–Crippen MR) is 73.4 cm³/mol. The molecule has 1 aromatic carbocycles. The molecule has 1 saturated heterocycles. The number of nitrogens with one attached hydrogen (secondary N) is 1. The Morgan fingerprint density at radius 3 is 2.48 bits per heavy atom. The molecular weight excluding hydrogens is 319 g/mol. The van der Waals surface area contributed by atoms with E-state index in [4.69, 9.17) is 0 Å². The van der Waals surface area contributed by atoms with Gasteiger partial charge in [0.05, 0.1) is 12.5 Å². The summed E-state index contributed by atoms with van der Waals surface area (Å²) >= 11 is 0. The maximum atomic E-state index is 13.0. The van der Waals surface area contributed by atoms with Gasteiger partial charge < -0.3 is 5.32 Å². The van der Waals surface area contributed by atoms with Crippen molar-refractivity contribution < 1.29 is 26.7 Å². The lowest BCUT2D eigenvalue weighted by molar-refractivity contribution is -0.187. The first-order valence-corrected chi connectivity index (χ1v) is 7.25. The van der Waals surface area contributed by atoms with E-state index in [1.807, 2.05) is 0 Å². The Balaban J connectivity index is 1.82. The van der Waals surface area contributed by atoms with Gasteiger partial charge in [-0.2, -0.15) is 13.2 Å². The fraction of sp³-hybridized carbons (Fsp3) is 0.533. The predicted octanol–water partition coefficient (Wildman–Crippen LogP) is 2.86.